The number of amides is 2. The highest BCUT2D eigenvalue weighted by Crippen LogP contribution is 2.17. The highest BCUT2D eigenvalue weighted by Gasteiger charge is 2.16. The van der Waals surface area contributed by atoms with Crippen LogP contribution in [0.5, 0.6) is 0 Å². The Kier molecular flexibility index (Phi) is 6.72. The summed E-state index contributed by atoms with van der Waals surface area (Å²) in [5.41, 5.74) is 0. The number of carbonyl (C=O) groups excluding carboxylic acids is 2. The molecule has 0 heterocycles. The van der Waals surface area contributed by atoms with Crippen LogP contribution < -0.4 is 10.6 Å². The van der Waals surface area contributed by atoms with Crippen molar-refractivity contribution in [2.45, 2.75) is 45.6 Å². The van der Waals surface area contributed by atoms with E-state index in [1.165, 1.54) is 12.8 Å². The van der Waals surface area contributed by atoms with Gasteiger partial charge in [-0.1, -0.05) is 12.8 Å². The molecule has 1 aliphatic carbocycles. The van der Waals surface area contributed by atoms with Crippen LogP contribution in [0.25, 0.3) is 0 Å². The molecule has 2 amide bonds. The summed E-state index contributed by atoms with van der Waals surface area (Å²) in [4.78, 5) is 24.9. The molecule has 0 atom stereocenters. The maximum absolute atomic E-state index is 11.7. The number of carbonyl (C=O) groups is 2. The SMILES string of the molecule is CCN(CC)C(=O)CNC(=O)CNC1CCCC1. The van der Waals surface area contributed by atoms with Crippen LogP contribution in [0.3, 0.4) is 0 Å². The summed E-state index contributed by atoms with van der Waals surface area (Å²) in [5, 5.41) is 5.89. The van der Waals surface area contributed by atoms with Crippen molar-refractivity contribution in [1.82, 2.24) is 15.5 Å². The van der Waals surface area contributed by atoms with Gasteiger partial charge in [0, 0.05) is 19.1 Å². The molecule has 0 saturated heterocycles. The van der Waals surface area contributed by atoms with Crippen LogP contribution in [0.1, 0.15) is 39.5 Å². The van der Waals surface area contributed by atoms with Crippen LogP contribution in [0, 0.1) is 0 Å². The maximum Gasteiger partial charge on any atom is 0.241 e. The third-order valence-electron chi connectivity index (χ3n) is 3.46. The number of hydrogen-bond acceptors (Lipinski definition) is 3. The van der Waals surface area contributed by atoms with E-state index in [1.54, 1.807) is 4.90 Å². The summed E-state index contributed by atoms with van der Waals surface area (Å²) in [6.45, 7) is 5.66. The Hall–Kier alpha value is -1.10. The Morgan fingerprint density at radius 3 is 2.28 bits per heavy atom. The van der Waals surface area contributed by atoms with Crippen LogP contribution in [0.15, 0.2) is 0 Å². The van der Waals surface area contributed by atoms with Crippen LogP contribution in [-0.2, 0) is 9.59 Å². The molecule has 0 aromatic rings. The molecule has 0 aromatic carbocycles. The molecule has 2 N–H and O–H groups in total. The Balaban J connectivity index is 2.13. The van der Waals surface area contributed by atoms with Gasteiger partial charge in [0.15, 0.2) is 0 Å². The first-order valence-electron chi connectivity index (χ1n) is 6.95. The van der Waals surface area contributed by atoms with Crippen molar-refractivity contribution in [3.8, 4) is 0 Å². The van der Waals surface area contributed by atoms with E-state index in [2.05, 4.69) is 10.6 Å². The first kappa shape index (κ1) is 15.0. The number of rotatable bonds is 7. The van der Waals surface area contributed by atoms with Gasteiger partial charge >= 0.3 is 0 Å². The second-order valence-corrected chi connectivity index (χ2v) is 4.71. The molecule has 0 bridgehead atoms. The normalized spacial score (nSPS) is 15.7. The summed E-state index contributed by atoms with van der Waals surface area (Å²) in [6, 6.07) is 0.481. The third-order valence-corrected chi connectivity index (χ3v) is 3.46. The minimum atomic E-state index is -0.0950. The molecule has 0 spiro atoms. The fourth-order valence-electron chi connectivity index (χ4n) is 2.29. The average Bonchev–Trinajstić information content (AvgIpc) is 2.88. The fraction of sp³-hybridized carbons (Fsp3) is 0.846. The molecule has 0 radical (unpaired) electrons. The zero-order valence-corrected chi connectivity index (χ0v) is 11.5. The minimum Gasteiger partial charge on any atom is -0.346 e. The summed E-state index contributed by atoms with van der Waals surface area (Å²) in [5.74, 6) is -0.114. The third kappa shape index (κ3) is 5.04. The van der Waals surface area contributed by atoms with Crippen molar-refractivity contribution in [3.63, 3.8) is 0 Å². The predicted molar refractivity (Wildman–Crippen MR) is 71.2 cm³/mol. The molecule has 0 aromatic heterocycles. The zero-order valence-electron chi connectivity index (χ0n) is 11.5. The molecule has 1 saturated carbocycles. The lowest BCUT2D eigenvalue weighted by Crippen LogP contribution is -2.43. The number of nitrogens with one attached hydrogen (secondary N) is 2. The summed E-state index contributed by atoms with van der Waals surface area (Å²) >= 11 is 0. The maximum atomic E-state index is 11.7. The molecule has 1 aliphatic rings. The van der Waals surface area contributed by atoms with Crippen LogP contribution in [-0.4, -0.2) is 48.9 Å². The Morgan fingerprint density at radius 1 is 1.11 bits per heavy atom. The van der Waals surface area contributed by atoms with Crippen molar-refractivity contribution >= 4 is 11.8 Å². The molecular weight excluding hydrogens is 230 g/mol. The monoisotopic (exact) mass is 255 g/mol. The first-order valence-corrected chi connectivity index (χ1v) is 6.95. The van der Waals surface area contributed by atoms with E-state index < -0.39 is 0 Å². The topological polar surface area (TPSA) is 61.4 Å². The molecular formula is C13H25N3O2. The first-order chi connectivity index (χ1) is 8.67. The van der Waals surface area contributed by atoms with Crippen LogP contribution in [0.4, 0.5) is 0 Å². The van der Waals surface area contributed by atoms with E-state index in [1.807, 2.05) is 13.8 Å². The summed E-state index contributed by atoms with van der Waals surface area (Å²) in [7, 11) is 0. The van der Waals surface area contributed by atoms with Crippen molar-refractivity contribution in [1.29, 1.82) is 0 Å². The van der Waals surface area contributed by atoms with Gasteiger partial charge in [0.2, 0.25) is 11.8 Å². The van der Waals surface area contributed by atoms with E-state index in [0.717, 1.165) is 12.8 Å². The van der Waals surface area contributed by atoms with Crippen molar-refractivity contribution in [2.75, 3.05) is 26.2 Å². The second-order valence-electron chi connectivity index (χ2n) is 4.71. The lowest BCUT2D eigenvalue weighted by Gasteiger charge is -2.19. The number of hydrogen-bond donors (Lipinski definition) is 2. The molecule has 0 unspecified atom stereocenters. The summed E-state index contributed by atoms with van der Waals surface area (Å²) in [6.07, 6.45) is 4.82. The van der Waals surface area contributed by atoms with Gasteiger partial charge in [-0.15, -0.1) is 0 Å². The Morgan fingerprint density at radius 2 is 1.72 bits per heavy atom. The molecule has 104 valence electrons. The lowest BCUT2D eigenvalue weighted by molar-refractivity contribution is -0.132. The molecule has 1 rings (SSSR count). The van der Waals surface area contributed by atoms with E-state index in [-0.39, 0.29) is 18.4 Å². The fourth-order valence-corrected chi connectivity index (χ4v) is 2.29. The van der Waals surface area contributed by atoms with Crippen LogP contribution >= 0.6 is 0 Å². The molecule has 18 heavy (non-hydrogen) atoms. The minimum absolute atomic E-state index is 0.0192. The average molecular weight is 255 g/mol. The Bertz CT molecular complexity index is 271. The highest BCUT2D eigenvalue weighted by molar-refractivity contribution is 5.85. The van der Waals surface area contributed by atoms with E-state index in [0.29, 0.717) is 25.7 Å². The molecule has 0 aliphatic heterocycles. The predicted octanol–water partition coefficient (Wildman–Crippen LogP) is 0.503. The lowest BCUT2D eigenvalue weighted by atomic mass is 10.2. The Labute approximate surface area is 109 Å². The summed E-state index contributed by atoms with van der Waals surface area (Å²) < 4.78 is 0. The van der Waals surface area contributed by atoms with Gasteiger partial charge in [-0.25, -0.2) is 0 Å². The number of likely N-dealkylation sites (N-methyl/N-ethyl adjacent to an activating group) is 1. The number of nitrogens with zero attached hydrogens (tertiary/aromatic N) is 1. The van der Waals surface area contributed by atoms with Gasteiger partial charge in [-0.3, -0.25) is 9.59 Å². The second kappa shape index (κ2) is 8.08. The quantitative estimate of drug-likeness (QED) is 0.696. The van der Waals surface area contributed by atoms with Crippen molar-refractivity contribution in [2.24, 2.45) is 0 Å². The van der Waals surface area contributed by atoms with Gasteiger partial charge < -0.3 is 15.5 Å². The standard InChI is InChI=1S/C13H25N3O2/c1-3-16(4-2)13(18)10-15-12(17)9-14-11-7-5-6-8-11/h11,14H,3-10H2,1-2H3,(H,15,17). The molecule has 5 heteroatoms. The van der Waals surface area contributed by atoms with Crippen molar-refractivity contribution < 1.29 is 9.59 Å². The van der Waals surface area contributed by atoms with E-state index >= 15 is 0 Å². The molecule has 5 nitrogen and oxygen atoms in total. The van der Waals surface area contributed by atoms with Gasteiger partial charge in [0.25, 0.3) is 0 Å². The van der Waals surface area contributed by atoms with Crippen molar-refractivity contribution in [3.05, 3.63) is 0 Å². The van der Waals surface area contributed by atoms with Gasteiger partial charge in [-0.05, 0) is 26.7 Å². The highest BCUT2D eigenvalue weighted by atomic mass is 16.2. The van der Waals surface area contributed by atoms with Gasteiger partial charge in [0.05, 0.1) is 13.1 Å². The zero-order chi connectivity index (χ0) is 13.4. The van der Waals surface area contributed by atoms with Crippen LogP contribution in [0.2, 0.25) is 0 Å². The largest absolute Gasteiger partial charge is 0.346 e. The van der Waals surface area contributed by atoms with Gasteiger partial charge in [-0.2, -0.15) is 0 Å². The smallest absolute Gasteiger partial charge is 0.241 e. The van der Waals surface area contributed by atoms with E-state index in [9.17, 15) is 9.59 Å². The van der Waals surface area contributed by atoms with E-state index in [4.69, 9.17) is 0 Å². The van der Waals surface area contributed by atoms with Gasteiger partial charge in [0.1, 0.15) is 0 Å². The molecule has 1 fully saturated rings.